The van der Waals surface area contributed by atoms with Crippen LogP contribution in [0.15, 0.2) is 0 Å². The fourth-order valence-corrected chi connectivity index (χ4v) is 7.81. The fourth-order valence-electron chi connectivity index (χ4n) is 7.81. The second kappa shape index (κ2) is 48.5. The van der Waals surface area contributed by atoms with E-state index in [4.69, 9.17) is 24.1 Å². The van der Waals surface area contributed by atoms with Crippen LogP contribution < -0.4 is 26.6 Å². The molecule has 0 bridgehead atoms. The van der Waals surface area contributed by atoms with Gasteiger partial charge < -0.3 is 66.0 Å². The highest BCUT2D eigenvalue weighted by Crippen LogP contribution is 2.16. The number of amides is 5. The molecule has 0 saturated carbocycles. The summed E-state index contributed by atoms with van der Waals surface area (Å²) in [6.07, 6.45) is 15.7. The molecular weight excluding hydrogens is 1020 g/mol. The fraction of sp³-hybridized carbons (Fsp3) is 0.796. The second-order valence-corrected chi connectivity index (χ2v) is 19.5. The normalized spacial score (nSPS) is 12.6. The highest BCUT2D eigenvalue weighted by atomic mass is 16.5. The topological polar surface area (TPSA) is 366 Å². The Morgan fingerprint density at radius 3 is 1.29 bits per heavy atom. The third kappa shape index (κ3) is 45.4. The number of carboxylic acid groups (broad SMARTS) is 4. The van der Waals surface area contributed by atoms with Crippen molar-refractivity contribution in [3.63, 3.8) is 0 Å². The molecule has 0 aliphatic heterocycles. The monoisotopic (exact) mass is 1120 g/mol. The molecular formula is C54H95N5O19. The predicted molar refractivity (Wildman–Crippen MR) is 287 cm³/mol. The summed E-state index contributed by atoms with van der Waals surface area (Å²) in [5.74, 6) is -8.63. The number of rotatable bonds is 55. The maximum atomic E-state index is 12.6. The molecule has 9 N–H and O–H groups in total. The summed E-state index contributed by atoms with van der Waals surface area (Å²) >= 11 is 0. The zero-order chi connectivity index (χ0) is 58.2. The molecule has 0 fully saturated rings. The van der Waals surface area contributed by atoms with Gasteiger partial charge in [-0.25, -0.2) is 9.59 Å². The average Bonchev–Trinajstić information content (AvgIpc) is 3.38. The Bertz CT molecular complexity index is 1780. The lowest BCUT2D eigenvalue weighted by molar-refractivity contribution is -0.145. The van der Waals surface area contributed by atoms with Crippen molar-refractivity contribution in [2.45, 2.75) is 193 Å². The molecule has 450 valence electrons. The number of aliphatic carboxylic acids is 4. The first-order valence-electron chi connectivity index (χ1n) is 27.9. The zero-order valence-corrected chi connectivity index (χ0v) is 46.4. The molecule has 0 aliphatic rings. The van der Waals surface area contributed by atoms with Gasteiger partial charge in [0.05, 0.1) is 45.6 Å². The van der Waals surface area contributed by atoms with Crippen LogP contribution in [0, 0.1) is 11.8 Å². The number of carbonyl (C=O) groups is 11. The summed E-state index contributed by atoms with van der Waals surface area (Å²) in [7, 11) is 0. The number of hydrogen-bond donors (Lipinski definition) is 9. The minimum absolute atomic E-state index is 0. The first-order valence-corrected chi connectivity index (χ1v) is 27.9. The lowest BCUT2D eigenvalue weighted by atomic mass is 9.94. The van der Waals surface area contributed by atoms with Gasteiger partial charge in [-0.2, -0.15) is 0 Å². The molecule has 24 heteroatoms. The summed E-state index contributed by atoms with van der Waals surface area (Å²) in [6, 6.07) is -2.67. The van der Waals surface area contributed by atoms with E-state index in [1.165, 1.54) is 32.1 Å². The Balaban J connectivity index is 0. The SMILES string of the molecule is CC(=O)[C@@H](C)CCCCNC(=O)COCCOCCNC(=O)CC[C@H](CC(=O)CC[C@H](NC(=O)COCCOCCNC(=O)CC[C@H](NC(=O)CCCCCCCCCCCCCCCCC(=O)O)C(=O)O)C(=O)O)C(=O)O.[HH]. The number of hydrogen-bond acceptors (Lipinski definition) is 15. The van der Waals surface area contributed by atoms with Crippen LogP contribution in [-0.2, 0) is 71.7 Å². The lowest BCUT2D eigenvalue weighted by Gasteiger charge is -2.15. The number of unbranched alkanes of at least 4 members (excludes halogenated alkanes) is 14. The van der Waals surface area contributed by atoms with Crippen molar-refractivity contribution in [2.75, 3.05) is 72.5 Å². The van der Waals surface area contributed by atoms with E-state index in [-0.39, 0.29) is 136 Å². The van der Waals surface area contributed by atoms with Gasteiger partial charge >= 0.3 is 23.9 Å². The maximum Gasteiger partial charge on any atom is 0.326 e. The van der Waals surface area contributed by atoms with E-state index in [1.807, 2.05) is 6.92 Å². The van der Waals surface area contributed by atoms with Gasteiger partial charge in [0.15, 0.2) is 0 Å². The first kappa shape index (κ1) is 72.4. The summed E-state index contributed by atoms with van der Waals surface area (Å²) < 4.78 is 21.2. The van der Waals surface area contributed by atoms with Gasteiger partial charge in [-0.15, -0.1) is 0 Å². The van der Waals surface area contributed by atoms with Crippen LogP contribution in [0.1, 0.15) is 182 Å². The Labute approximate surface area is 461 Å². The van der Waals surface area contributed by atoms with Crippen molar-refractivity contribution in [3.05, 3.63) is 0 Å². The molecule has 0 aromatic carbocycles. The van der Waals surface area contributed by atoms with Crippen molar-refractivity contribution < 1.29 is 93.5 Å². The van der Waals surface area contributed by atoms with Crippen LogP contribution >= 0.6 is 0 Å². The highest BCUT2D eigenvalue weighted by molar-refractivity contribution is 5.87. The molecule has 5 amide bonds. The van der Waals surface area contributed by atoms with Crippen molar-refractivity contribution in [2.24, 2.45) is 11.8 Å². The Morgan fingerprint density at radius 2 is 0.821 bits per heavy atom. The van der Waals surface area contributed by atoms with E-state index >= 15 is 0 Å². The minimum Gasteiger partial charge on any atom is -0.481 e. The van der Waals surface area contributed by atoms with Gasteiger partial charge in [0.25, 0.3) is 0 Å². The molecule has 0 unspecified atom stereocenters. The molecule has 4 atom stereocenters. The van der Waals surface area contributed by atoms with Gasteiger partial charge in [-0.1, -0.05) is 90.4 Å². The molecule has 0 aromatic rings. The van der Waals surface area contributed by atoms with Gasteiger partial charge in [-0.3, -0.25) is 43.2 Å². The lowest BCUT2D eigenvalue weighted by Crippen LogP contribution is -2.43. The Morgan fingerprint density at radius 1 is 0.397 bits per heavy atom. The van der Waals surface area contributed by atoms with Crippen molar-refractivity contribution in [3.8, 4) is 0 Å². The molecule has 0 spiro atoms. The molecule has 0 radical (unpaired) electrons. The summed E-state index contributed by atoms with van der Waals surface area (Å²) in [4.78, 5) is 131. The van der Waals surface area contributed by atoms with E-state index < -0.39 is 78.4 Å². The highest BCUT2D eigenvalue weighted by Gasteiger charge is 2.26. The molecule has 78 heavy (non-hydrogen) atoms. The number of ketones is 2. The zero-order valence-electron chi connectivity index (χ0n) is 46.4. The largest absolute Gasteiger partial charge is 0.481 e. The molecule has 0 rings (SSSR count). The predicted octanol–water partition coefficient (Wildman–Crippen LogP) is 4.51. The van der Waals surface area contributed by atoms with Gasteiger partial charge in [0.1, 0.15) is 36.9 Å². The smallest absolute Gasteiger partial charge is 0.326 e. The number of Topliss-reactive ketones (excluding diaryl/α,β-unsaturated/α-hetero) is 2. The Hall–Kier alpha value is -5.59. The van der Waals surface area contributed by atoms with E-state index in [1.54, 1.807) is 6.92 Å². The minimum atomic E-state index is -1.46. The van der Waals surface area contributed by atoms with Gasteiger partial charge in [0.2, 0.25) is 29.5 Å². The van der Waals surface area contributed by atoms with Gasteiger partial charge in [0, 0.05) is 65.5 Å². The van der Waals surface area contributed by atoms with Crippen LogP contribution in [0.5, 0.6) is 0 Å². The number of carbonyl (C=O) groups excluding carboxylic acids is 7. The van der Waals surface area contributed by atoms with Crippen LogP contribution in [0.25, 0.3) is 0 Å². The van der Waals surface area contributed by atoms with E-state index in [2.05, 4.69) is 26.6 Å². The molecule has 0 saturated heterocycles. The van der Waals surface area contributed by atoms with E-state index in [0.717, 1.165) is 70.6 Å². The Kier molecular flexibility index (Phi) is 45.1. The average molecular weight is 1120 g/mol. The standard InChI is InChI=1S/C54H93N5O19.H2/c1-40(41(2)60)19-17-18-28-55-49(65)38-77-35-33-75-31-29-56-46(62)26-22-42(52(69)70)37-43(61)23-24-44(53(71)72)59-50(66)39-78-36-34-76-32-30-57-47(63)27-25-45(54(73)74)58-48(64)20-15-13-11-9-7-5-3-4-6-8-10-12-14-16-21-51(67)68;/h40,42,44-45H,3-39H2,1-2H3,(H,55,65)(H,56,62)(H,57,63)(H,58,64)(H,59,66)(H,67,68)(H,69,70)(H,71,72)(H,73,74);1H/t40-,42+,44-,45-;/m0./s1. The van der Waals surface area contributed by atoms with Crippen LogP contribution in [0.4, 0.5) is 0 Å². The number of ether oxygens (including phenoxy) is 4. The summed E-state index contributed by atoms with van der Waals surface area (Å²) in [6.45, 7) is 3.94. The van der Waals surface area contributed by atoms with Crippen LogP contribution in [-0.4, -0.2) is 170 Å². The van der Waals surface area contributed by atoms with Crippen molar-refractivity contribution >= 4 is 65.0 Å². The third-order valence-electron chi connectivity index (χ3n) is 12.7. The second-order valence-electron chi connectivity index (χ2n) is 19.5. The molecule has 0 aromatic heterocycles. The summed E-state index contributed by atoms with van der Waals surface area (Å²) in [5.41, 5.74) is 0. The maximum absolute atomic E-state index is 12.6. The van der Waals surface area contributed by atoms with Crippen molar-refractivity contribution in [1.29, 1.82) is 0 Å². The van der Waals surface area contributed by atoms with E-state index in [0.29, 0.717) is 13.0 Å². The first-order chi connectivity index (χ1) is 37.3. The summed E-state index contributed by atoms with van der Waals surface area (Å²) in [5, 5.41) is 50.1. The third-order valence-corrected chi connectivity index (χ3v) is 12.7. The van der Waals surface area contributed by atoms with Crippen LogP contribution in [0.2, 0.25) is 0 Å². The van der Waals surface area contributed by atoms with Crippen molar-refractivity contribution in [1.82, 2.24) is 26.6 Å². The van der Waals surface area contributed by atoms with E-state index in [9.17, 15) is 68.1 Å². The molecule has 24 nitrogen and oxygen atoms in total. The molecule has 0 heterocycles. The number of carboxylic acids is 4. The number of nitrogens with one attached hydrogen (secondary N) is 5. The van der Waals surface area contributed by atoms with Gasteiger partial charge in [-0.05, 0) is 51.9 Å². The quantitative estimate of drug-likeness (QED) is 0.0378. The van der Waals surface area contributed by atoms with Crippen LogP contribution in [0.3, 0.4) is 0 Å². The molecule has 0 aliphatic carbocycles.